The normalized spacial score (nSPS) is 13.0. The molecule has 2 atom stereocenters. The fourth-order valence-electron chi connectivity index (χ4n) is 2.30. The lowest BCUT2D eigenvalue weighted by atomic mass is 10.1. The number of nitro groups is 1. The highest BCUT2D eigenvalue weighted by atomic mass is 16.6. The second-order valence-electron chi connectivity index (χ2n) is 4.95. The van der Waals surface area contributed by atoms with E-state index < -0.39 is 34.7 Å². The minimum Gasteiger partial charge on any atom is -0.618 e. The first-order valence-corrected chi connectivity index (χ1v) is 6.90. The summed E-state index contributed by atoms with van der Waals surface area (Å²) in [5, 5.41) is 35.9. The molecule has 25 heavy (non-hydrogen) atoms. The van der Waals surface area contributed by atoms with Gasteiger partial charge < -0.3 is 19.9 Å². The van der Waals surface area contributed by atoms with Gasteiger partial charge in [0, 0.05) is 24.0 Å². The van der Waals surface area contributed by atoms with Crippen LogP contribution in [-0.4, -0.2) is 30.0 Å². The molecule has 0 aliphatic rings. The number of hydrogen-bond donors (Lipinski definition) is 0. The Kier molecular flexibility index (Phi) is 4.96. The van der Waals surface area contributed by atoms with Crippen molar-refractivity contribution in [2.45, 2.75) is 19.1 Å². The molecule has 1 aromatic heterocycles. The molecule has 11 nitrogen and oxygen atoms in total. The maximum absolute atomic E-state index is 12.5. The third-order valence-electron chi connectivity index (χ3n) is 3.36. The molecule has 0 amide bonds. The van der Waals surface area contributed by atoms with Crippen molar-refractivity contribution in [3.63, 3.8) is 0 Å². The van der Waals surface area contributed by atoms with Crippen LogP contribution in [0.25, 0.3) is 11.0 Å². The first-order chi connectivity index (χ1) is 11.8. The number of methoxy groups -OCH3 is 1. The van der Waals surface area contributed by atoms with Gasteiger partial charge in [0.1, 0.15) is 0 Å². The number of carbonyl (C=O) groups is 2. The van der Waals surface area contributed by atoms with Gasteiger partial charge in [-0.25, -0.2) is 4.79 Å². The molecule has 2 unspecified atom stereocenters. The van der Waals surface area contributed by atoms with Gasteiger partial charge in [-0.2, -0.15) is 9.46 Å². The SMILES string of the molecule is COC(=O)C(C(OC(C)=O)c1c[n+]([O-])c2ccccc2[n+]1[O-])[N+](=O)[O-]. The van der Waals surface area contributed by atoms with E-state index in [4.69, 9.17) is 4.74 Å². The highest BCUT2D eigenvalue weighted by Gasteiger charge is 2.49. The van der Waals surface area contributed by atoms with Crippen molar-refractivity contribution in [3.05, 3.63) is 56.7 Å². The van der Waals surface area contributed by atoms with Crippen molar-refractivity contribution in [2.24, 2.45) is 0 Å². The van der Waals surface area contributed by atoms with Crippen molar-refractivity contribution in [3.8, 4) is 0 Å². The van der Waals surface area contributed by atoms with Crippen LogP contribution in [0.4, 0.5) is 0 Å². The molecule has 0 fully saturated rings. The summed E-state index contributed by atoms with van der Waals surface area (Å²) in [6.07, 6.45) is -1.22. The van der Waals surface area contributed by atoms with Gasteiger partial charge in [-0.1, -0.05) is 12.1 Å². The number of benzene rings is 1. The van der Waals surface area contributed by atoms with Crippen LogP contribution in [0.2, 0.25) is 0 Å². The van der Waals surface area contributed by atoms with Crippen LogP contribution in [-0.2, 0) is 19.1 Å². The topological polar surface area (TPSA) is 150 Å². The van der Waals surface area contributed by atoms with Gasteiger partial charge in [-0.05, 0) is 0 Å². The van der Waals surface area contributed by atoms with Gasteiger partial charge in [-0.15, -0.1) is 0 Å². The number of para-hydroxylation sites is 2. The van der Waals surface area contributed by atoms with E-state index in [1.165, 1.54) is 24.3 Å². The molecule has 1 aromatic carbocycles. The van der Waals surface area contributed by atoms with E-state index in [1.54, 1.807) is 0 Å². The second-order valence-corrected chi connectivity index (χ2v) is 4.95. The molecular formula is C14H13N3O8. The van der Waals surface area contributed by atoms with Gasteiger partial charge in [0.25, 0.3) is 23.3 Å². The Morgan fingerprint density at radius 1 is 1.20 bits per heavy atom. The lowest BCUT2D eigenvalue weighted by Crippen LogP contribution is -2.48. The fourth-order valence-corrected chi connectivity index (χ4v) is 2.30. The minimum absolute atomic E-state index is 0.00135. The average Bonchev–Trinajstić information content (AvgIpc) is 2.56. The number of carbonyl (C=O) groups excluding carboxylic acids is 2. The van der Waals surface area contributed by atoms with Crippen LogP contribution in [0.15, 0.2) is 30.5 Å². The maximum atomic E-state index is 12.5. The van der Waals surface area contributed by atoms with Crippen LogP contribution < -0.4 is 9.46 Å². The molecule has 0 spiro atoms. The van der Waals surface area contributed by atoms with Crippen molar-refractivity contribution >= 4 is 23.0 Å². The molecule has 11 heteroatoms. The van der Waals surface area contributed by atoms with Gasteiger partial charge in [-0.3, -0.25) is 14.9 Å². The smallest absolute Gasteiger partial charge is 0.386 e. The summed E-state index contributed by atoms with van der Waals surface area (Å²) in [4.78, 5) is 33.3. The number of fused-ring (bicyclic) bond motifs is 1. The van der Waals surface area contributed by atoms with E-state index in [2.05, 4.69) is 4.74 Å². The quantitative estimate of drug-likeness (QED) is 0.231. The molecule has 0 N–H and O–H groups in total. The number of hydrogen-bond acceptors (Lipinski definition) is 8. The molecule has 0 saturated carbocycles. The zero-order valence-electron chi connectivity index (χ0n) is 13.1. The number of rotatable bonds is 5. The predicted molar refractivity (Wildman–Crippen MR) is 79.2 cm³/mol. The Morgan fingerprint density at radius 2 is 1.80 bits per heavy atom. The first kappa shape index (κ1) is 17.8. The highest BCUT2D eigenvalue weighted by molar-refractivity contribution is 5.76. The zero-order valence-corrected chi connectivity index (χ0v) is 13.1. The van der Waals surface area contributed by atoms with Crippen molar-refractivity contribution < 1.29 is 33.4 Å². The molecule has 0 aliphatic carbocycles. The van der Waals surface area contributed by atoms with E-state index in [0.717, 1.165) is 20.2 Å². The summed E-state index contributed by atoms with van der Waals surface area (Å²) in [5.41, 5.74) is -0.686. The van der Waals surface area contributed by atoms with E-state index in [1.807, 2.05) is 0 Å². The Bertz CT molecular complexity index is 853. The standard InChI is InChI=1S/C14H13N3O8/c1-8(18)25-13(12(17(22)23)14(19)24-2)11-7-15(20)9-5-3-4-6-10(9)16(11)21/h3-7,12-13H,1-2H3. The third-order valence-corrected chi connectivity index (χ3v) is 3.36. The van der Waals surface area contributed by atoms with Crippen molar-refractivity contribution in [2.75, 3.05) is 7.11 Å². The molecule has 132 valence electrons. The van der Waals surface area contributed by atoms with E-state index >= 15 is 0 Å². The fraction of sp³-hybridized carbons (Fsp3) is 0.286. The van der Waals surface area contributed by atoms with Crippen LogP contribution >= 0.6 is 0 Å². The van der Waals surface area contributed by atoms with E-state index in [-0.39, 0.29) is 15.8 Å². The highest BCUT2D eigenvalue weighted by Crippen LogP contribution is 2.22. The minimum atomic E-state index is -2.21. The molecule has 0 saturated heterocycles. The van der Waals surface area contributed by atoms with Gasteiger partial charge in [0.15, 0.2) is 0 Å². The van der Waals surface area contributed by atoms with E-state index in [0.29, 0.717) is 4.73 Å². The molecule has 0 aliphatic heterocycles. The summed E-state index contributed by atoms with van der Waals surface area (Å²) >= 11 is 0. The van der Waals surface area contributed by atoms with Gasteiger partial charge in [0.05, 0.1) is 7.11 Å². The lowest BCUT2D eigenvalue weighted by Gasteiger charge is -2.18. The van der Waals surface area contributed by atoms with Crippen LogP contribution in [0.3, 0.4) is 0 Å². The molecular weight excluding hydrogens is 338 g/mol. The zero-order chi connectivity index (χ0) is 18.7. The lowest BCUT2D eigenvalue weighted by molar-refractivity contribution is -0.642. The summed E-state index contributed by atoms with van der Waals surface area (Å²) in [7, 11) is 0.906. The predicted octanol–water partition coefficient (Wildman–Crippen LogP) is -0.471. The number of ether oxygens (including phenoxy) is 2. The molecule has 1 heterocycles. The third kappa shape index (κ3) is 3.39. The molecule has 0 bridgehead atoms. The Balaban J connectivity index is 2.71. The number of aromatic nitrogens is 2. The summed E-state index contributed by atoms with van der Waals surface area (Å²) in [6.45, 7) is 0.947. The van der Waals surface area contributed by atoms with Gasteiger partial charge >= 0.3 is 23.7 Å². The summed E-state index contributed by atoms with van der Waals surface area (Å²) in [6, 6.07) is 3.47. The Hall–Kier alpha value is -3.50. The average molecular weight is 351 g/mol. The maximum Gasteiger partial charge on any atom is 0.386 e. The van der Waals surface area contributed by atoms with Gasteiger partial charge in [0.2, 0.25) is 0 Å². The summed E-state index contributed by atoms with van der Waals surface area (Å²) < 4.78 is 9.66. The van der Waals surface area contributed by atoms with Crippen molar-refractivity contribution in [1.29, 1.82) is 0 Å². The molecule has 2 rings (SSSR count). The second kappa shape index (κ2) is 6.95. The van der Waals surface area contributed by atoms with Crippen molar-refractivity contribution in [1.82, 2.24) is 0 Å². The van der Waals surface area contributed by atoms with Crippen LogP contribution in [0.1, 0.15) is 18.7 Å². The summed E-state index contributed by atoms with van der Waals surface area (Å²) in [5.74, 6) is -2.31. The Labute approximate surface area is 140 Å². The Morgan fingerprint density at radius 3 is 2.32 bits per heavy atom. The monoisotopic (exact) mass is 351 g/mol. The molecule has 2 aromatic rings. The molecule has 0 radical (unpaired) electrons. The number of esters is 2. The van der Waals surface area contributed by atoms with Crippen LogP contribution in [0.5, 0.6) is 0 Å². The largest absolute Gasteiger partial charge is 0.618 e. The number of nitrogens with zero attached hydrogens (tertiary/aromatic N) is 3. The van der Waals surface area contributed by atoms with Crippen LogP contribution in [0, 0.1) is 20.5 Å². The van der Waals surface area contributed by atoms with E-state index in [9.17, 15) is 30.1 Å². The first-order valence-electron chi connectivity index (χ1n) is 6.90.